The minimum Gasteiger partial charge on any atom is -0.696 e. The van der Waals surface area contributed by atoms with E-state index in [-0.39, 0.29) is 0 Å². The second-order valence-electron chi connectivity index (χ2n) is 1.66. The minimum atomic E-state index is 1.33. The van der Waals surface area contributed by atoms with Gasteiger partial charge in [-0.1, -0.05) is 5.40 Å². The van der Waals surface area contributed by atoms with Gasteiger partial charge in [-0.3, -0.25) is 0 Å². The molecule has 0 unspecified atom stereocenters. The molecule has 0 aromatic carbocycles. The molecule has 8 heavy (non-hydrogen) atoms. The molecule has 2 nitrogen and oxygen atoms in total. The average Bonchev–Trinajstić information content (AvgIpc) is 2.17. The van der Waals surface area contributed by atoms with Crippen LogP contribution in [0, 0.1) is 10.7 Å². The highest BCUT2D eigenvalue weighted by Gasteiger charge is 1.97. The number of quaternary nitrogens is 1. The van der Waals surface area contributed by atoms with Gasteiger partial charge in [0.15, 0.2) is 0 Å². The van der Waals surface area contributed by atoms with Crippen LogP contribution in [0.3, 0.4) is 0 Å². The first kappa shape index (κ1) is 7.67. The first-order valence-corrected chi connectivity index (χ1v) is 3.15. The molecule has 1 aliphatic heterocycles. The van der Waals surface area contributed by atoms with Crippen molar-refractivity contribution in [3.8, 4) is 5.40 Å². The number of nitrogens with zero attached hydrogens (tertiary/aromatic N) is 1. The molecule has 3 heteroatoms. The lowest BCUT2D eigenvalue weighted by atomic mass is 10.4. The molecule has 1 aliphatic rings. The first-order valence-electron chi connectivity index (χ1n) is 2.74. The van der Waals surface area contributed by atoms with Gasteiger partial charge in [0.2, 0.25) is 0 Å². The van der Waals surface area contributed by atoms with E-state index in [1.807, 2.05) is 0 Å². The molecule has 0 spiro atoms. The van der Waals surface area contributed by atoms with Crippen LogP contribution in [0.5, 0.6) is 0 Å². The summed E-state index contributed by atoms with van der Waals surface area (Å²) in [7, 11) is 0. The Kier molecular flexibility index (Phi) is 6.39. The van der Waals surface area contributed by atoms with Gasteiger partial charge in [0.1, 0.15) is 0 Å². The van der Waals surface area contributed by atoms with Crippen LogP contribution in [0.25, 0.3) is 0 Å². The van der Waals surface area contributed by atoms with E-state index in [0.29, 0.717) is 0 Å². The largest absolute Gasteiger partial charge is 0.696 e. The SMILES string of the molecule is C1CC[NH2+]C1.N#C[S-]. The molecular formula is C5H10N2S. The van der Waals surface area contributed by atoms with Crippen LogP contribution in [-0.2, 0) is 12.6 Å². The Balaban J connectivity index is 0.000000145. The highest BCUT2D eigenvalue weighted by atomic mass is 32.1. The molecule has 1 fully saturated rings. The smallest absolute Gasteiger partial charge is 0.0757 e. The van der Waals surface area contributed by atoms with E-state index < -0.39 is 0 Å². The Labute approximate surface area is 55.3 Å². The van der Waals surface area contributed by atoms with Gasteiger partial charge < -0.3 is 17.9 Å². The van der Waals surface area contributed by atoms with E-state index in [1.54, 1.807) is 0 Å². The van der Waals surface area contributed by atoms with E-state index in [1.165, 1.54) is 31.3 Å². The molecule has 1 rings (SSSR count). The molecule has 0 aliphatic carbocycles. The summed E-state index contributed by atoms with van der Waals surface area (Å²) in [6.07, 6.45) is 2.89. The molecule has 0 aromatic heterocycles. The predicted molar refractivity (Wildman–Crippen MR) is 33.9 cm³/mol. The van der Waals surface area contributed by atoms with Gasteiger partial charge in [-0.25, -0.2) is 5.26 Å². The molecule has 0 radical (unpaired) electrons. The van der Waals surface area contributed by atoms with Crippen molar-refractivity contribution >= 4 is 12.6 Å². The summed E-state index contributed by atoms with van der Waals surface area (Å²) in [5, 5.41) is 10.8. The third-order valence-electron chi connectivity index (χ3n) is 1.07. The first-order chi connectivity index (χ1) is 3.91. The third-order valence-corrected chi connectivity index (χ3v) is 1.07. The number of hydrogen-bond donors (Lipinski definition) is 1. The van der Waals surface area contributed by atoms with Gasteiger partial charge in [-0.05, 0) is 0 Å². The van der Waals surface area contributed by atoms with Crippen LogP contribution in [0.2, 0.25) is 0 Å². The third kappa shape index (κ3) is 5.67. The highest BCUT2D eigenvalue weighted by molar-refractivity contribution is 7.64. The topological polar surface area (TPSA) is 40.4 Å². The molecule has 2 N–H and O–H groups in total. The Hall–Kier alpha value is -0.330. The predicted octanol–water partition coefficient (Wildman–Crippen LogP) is -0.642. The lowest BCUT2D eigenvalue weighted by Gasteiger charge is -1.73. The van der Waals surface area contributed by atoms with E-state index in [4.69, 9.17) is 5.26 Å². The van der Waals surface area contributed by atoms with Gasteiger partial charge in [0.05, 0.1) is 13.1 Å². The summed E-state index contributed by atoms with van der Waals surface area (Å²) in [4.78, 5) is 0. The highest BCUT2D eigenvalue weighted by Crippen LogP contribution is 1.82. The van der Waals surface area contributed by atoms with Crippen LogP contribution in [0.4, 0.5) is 0 Å². The van der Waals surface area contributed by atoms with Crippen molar-refractivity contribution in [3.05, 3.63) is 0 Å². The quantitative estimate of drug-likeness (QED) is 0.350. The number of nitriles is 1. The Bertz CT molecular complexity index is 65.4. The van der Waals surface area contributed by atoms with Crippen LogP contribution in [-0.4, -0.2) is 13.1 Å². The van der Waals surface area contributed by atoms with Crippen molar-refractivity contribution in [1.82, 2.24) is 0 Å². The fourth-order valence-electron chi connectivity index (χ4n) is 0.722. The molecular weight excluding hydrogens is 120 g/mol. The fourth-order valence-corrected chi connectivity index (χ4v) is 0.722. The standard InChI is InChI=1S/C4H9N.CHNS/c1-2-4-5-3-1;2-1-3/h5H,1-4H2;3H. The second kappa shape index (κ2) is 6.67. The van der Waals surface area contributed by atoms with Crippen molar-refractivity contribution in [1.29, 1.82) is 5.26 Å². The van der Waals surface area contributed by atoms with E-state index in [2.05, 4.69) is 17.9 Å². The maximum absolute atomic E-state index is 7.13. The summed E-state index contributed by atoms with van der Waals surface area (Å²) in [5.74, 6) is 0. The number of nitrogens with two attached hydrogens (primary N) is 1. The fraction of sp³-hybridized carbons (Fsp3) is 0.800. The molecule has 1 saturated heterocycles. The summed E-state index contributed by atoms with van der Waals surface area (Å²) in [6, 6.07) is 0. The van der Waals surface area contributed by atoms with Crippen LogP contribution in [0.1, 0.15) is 12.8 Å². The van der Waals surface area contributed by atoms with E-state index >= 15 is 0 Å². The summed E-state index contributed by atoms with van der Waals surface area (Å²) in [5.41, 5.74) is 0. The zero-order chi connectivity index (χ0) is 6.24. The number of thiocyanates is 1. The van der Waals surface area contributed by atoms with Crippen LogP contribution < -0.4 is 5.32 Å². The van der Waals surface area contributed by atoms with Gasteiger partial charge in [0.25, 0.3) is 0 Å². The van der Waals surface area contributed by atoms with Crippen molar-refractivity contribution < 1.29 is 5.32 Å². The Morgan fingerprint density at radius 1 is 1.38 bits per heavy atom. The zero-order valence-corrected chi connectivity index (χ0v) is 5.58. The van der Waals surface area contributed by atoms with Gasteiger partial charge in [0, 0.05) is 12.8 Å². The van der Waals surface area contributed by atoms with Crippen molar-refractivity contribution in [2.45, 2.75) is 12.8 Å². The van der Waals surface area contributed by atoms with Gasteiger partial charge in [-0.15, -0.1) is 0 Å². The van der Waals surface area contributed by atoms with Crippen molar-refractivity contribution in [3.63, 3.8) is 0 Å². The van der Waals surface area contributed by atoms with Crippen molar-refractivity contribution in [2.75, 3.05) is 13.1 Å². The van der Waals surface area contributed by atoms with Gasteiger partial charge >= 0.3 is 0 Å². The molecule has 46 valence electrons. The molecule has 0 aromatic rings. The lowest BCUT2D eigenvalue weighted by molar-refractivity contribution is -0.635. The van der Waals surface area contributed by atoms with Crippen LogP contribution in [0.15, 0.2) is 0 Å². The van der Waals surface area contributed by atoms with E-state index in [9.17, 15) is 0 Å². The van der Waals surface area contributed by atoms with Crippen molar-refractivity contribution in [2.24, 2.45) is 0 Å². The molecule has 0 atom stereocenters. The maximum Gasteiger partial charge on any atom is 0.0757 e. The average molecular weight is 130 g/mol. The molecule has 0 saturated carbocycles. The molecule has 0 amide bonds. The second-order valence-corrected chi connectivity index (χ2v) is 1.85. The number of hydrogen-bond acceptors (Lipinski definition) is 2. The lowest BCUT2D eigenvalue weighted by Crippen LogP contribution is -2.80. The van der Waals surface area contributed by atoms with Gasteiger partial charge in [-0.2, -0.15) is 0 Å². The number of rotatable bonds is 0. The summed E-state index contributed by atoms with van der Waals surface area (Å²) in [6.45, 7) is 2.75. The molecule has 0 bridgehead atoms. The summed E-state index contributed by atoms with van der Waals surface area (Å²) < 4.78 is 0. The Morgan fingerprint density at radius 3 is 1.88 bits per heavy atom. The normalized spacial score (nSPS) is 15.9. The zero-order valence-electron chi connectivity index (χ0n) is 4.76. The minimum absolute atomic E-state index is 1.33. The van der Waals surface area contributed by atoms with E-state index in [0.717, 1.165) is 0 Å². The monoisotopic (exact) mass is 130 g/mol. The summed E-state index contributed by atoms with van der Waals surface area (Å²) >= 11 is 3.70. The van der Waals surface area contributed by atoms with Crippen LogP contribution >= 0.6 is 0 Å². The Morgan fingerprint density at radius 2 is 1.75 bits per heavy atom. The molecule has 1 heterocycles. The maximum atomic E-state index is 7.13.